The molecule has 0 aliphatic carbocycles. The third-order valence-electron chi connectivity index (χ3n) is 6.67. The molecule has 19 heteroatoms. The molecule has 0 bridgehead atoms. The molecule has 0 fully saturated rings. The molecule has 274 valence electrons. The highest BCUT2D eigenvalue weighted by atomic mass is 16.5. The lowest BCUT2D eigenvalue weighted by Crippen LogP contribution is -2.51. The highest BCUT2D eigenvalue weighted by Crippen LogP contribution is 2.15. The van der Waals surface area contributed by atoms with Gasteiger partial charge in [-0.1, -0.05) is 19.1 Å². The average Bonchev–Trinajstić information content (AvgIpc) is 2.99. The molecule has 1 aromatic carbocycles. The minimum atomic E-state index is -1.32. The third kappa shape index (κ3) is 21.0. The van der Waals surface area contributed by atoms with Gasteiger partial charge in [0.05, 0.1) is 52.5 Å². The highest BCUT2D eigenvalue weighted by Gasteiger charge is 2.27. The van der Waals surface area contributed by atoms with E-state index in [0.29, 0.717) is 30.8 Å². The smallest absolute Gasteiger partial charge is 0.317 e. The number of carboxylic acids is 5. The monoisotopic (exact) mass is 699 g/mol. The van der Waals surface area contributed by atoms with Crippen molar-refractivity contribution in [3.8, 4) is 0 Å². The van der Waals surface area contributed by atoms with Crippen LogP contribution in [-0.4, -0.2) is 173 Å². The van der Waals surface area contributed by atoms with Crippen molar-refractivity contribution in [2.45, 2.75) is 25.8 Å². The zero-order valence-corrected chi connectivity index (χ0v) is 27.2. The largest absolute Gasteiger partial charge is 0.480 e. The second-order valence-electron chi connectivity index (χ2n) is 10.8. The number of nitrogens with zero attached hydrogens (tertiary/aromatic N) is 3. The summed E-state index contributed by atoms with van der Waals surface area (Å²) >= 11 is 0. The van der Waals surface area contributed by atoms with Gasteiger partial charge in [0.25, 0.3) is 0 Å². The van der Waals surface area contributed by atoms with Gasteiger partial charge in [0, 0.05) is 44.3 Å². The SMILES string of the molecule is CCC(=O)NCCOCCOCC(=O)Nc1ccc(CC(CN(CCN(CC(=O)O)CC(=O)O)CC(=O)O)N(CC(=O)O)CC(=O)O)cc1. The van der Waals surface area contributed by atoms with Crippen LogP contribution in [0.1, 0.15) is 18.9 Å². The number of ether oxygens (including phenoxy) is 2. The van der Waals surface area contributed by atoms with E-state index in [-0.39, 0.29) is 51.8 Å². The number of rotatable bonds is 28. The lowest BCUT2D eigenvalue weighted by atomic mass is 10.0. The molecule has 1 rings (SSSR count). The minimum absolute atomic E-state index is 0.0596. The molecule has 0 heterocycles. The molecule has 0 spiro atoms. The fourth-order valence-corrected chi connectivity index (χ4v) is 4.54. The first-order valence-electron chi connectivity index (χ1n) is 15.3. The number of aliphatic carboxylic acids is 5. The Morgan fingerprint density at radius 3 is 1.71 bits per heavy atom. The van der Waals surface area contributed by atoms with Gasteiger partial charge in [-0.2, -0.15) is 0 Å². The van der Waals surface area contributed by atoms with E-state index in [4.69, 9.17) is 19.7 Å². The van der Waals surface area contributed by atoms with Crippen LogP contribution in [0.2, 0.25) is 0 Å². The summed E-state index contributed by atoms with van der Waals surface area (Å²) in [5.74, 6) is -7.02. The number of anilines is 1. The highest BCUT2D eigenvalue weighted by molar-refractivity contribution is 5.91. The fourth-order valence-electron chi connectivity index (χ4n) is 4.54. The lowest BCUT2D eigenvalue weighted by Gasteiger charge is -2.34. The lowest BCUT2D eigenvalue weighted by molar-refractivity contribution is -0.144. The maximum Gasteiger partial charge on any atom is 0.317 e. The van der Waals surface area contributed by atoms with E-state index < -0.39 is 74.5 Å². The molecule has 49 heavy (non-hydrogen) atoms. The van der Waals surface area contributed by atoms with Gasteiger partial charge in [-0.25, -0.2) is 0 Å². The molecule has 7 N–H and O–H groups in total. The average molecular weight is 700 g/mol. The predicted molar refractivity (Wildman–Crippen MR) is 170 cm³/mol. The summed E-state index contributed by atoms with van der Waals surface area (Å²) in [4.78, 5) is 84.4. The van der Waals surface area contributed by atoms with Crippen LogP contribution in [-0.2, 0) is 49.5 Å². The minimum Gasteiger partial charge on any atom is -0.480 e. The van der Waals surface area contributed by atoms with Crippen molar-refractivity contribution in [3.05, 3.63) is 29.8 Å². The fraction of sp³-hybridized carbons (Fsp3) is 0.567. The van der Waals surface area contributed by atoms with Crippen LogP contribution in [0.15, 0.2) is 24.3 Å². The van der Waals surface area contributed by atoms with Crippen molar-refractivity contribution in [3.63, 3.8) is 0 Å². The maximum atomic E-state index is 12.3. The number of hydrogen-bond donors (Lipinski definition) is 7. The third-order valence-corrected chi connectivity index (χ3v) is 6.67. The molecule has 0 aliphatic rings. The topological polar surface area (TPSA) is 273 Å². The first kappa shape index (κ1) is 42.3. The molecule has 0 aromatic heterocycles. The van der Waals surface area contributed by atoms with E-state index in [0.717, 1.165) is 9.80 Å². The number of hydrogen-bond acceptors (Lipinski definition) is 12. The molecule has 0 radical (unpaired) electrons. The Labute approximate surface area is 282 Å². The first-order valence-corrected chi connectivity index (χ1v) is 15.3. The van der Waals surface area contributed by atoms with Crippen LogP contribution in [0.4, 0.5) is 5.69 Å². The molecule has 0 aliphatic heterocycles. The van der Waals surface area contributed by atoms with Gasteiger partial charge in [0.2, 0.25) is 11.8 Å². The van der Waals surface area contributed by atoms with E-state index >= 15 is 0 Å². The summed E-state index contributed by atoms with van der Waals surface area (Å²) in [5.41, 5.74) is 1.01. The summed E-state index contributed by atoms with van der Waals surface area (Å²) in [6, 6.07) is 5.52. The van der Waals surface area contributed by atoms with E-state index in [1.54, 1.807) is 31.2 Å². The summed E-state index contributed by atoms with van der Waals surface area (Å²) in [6.07, 6.45) is 0.438. The van der Waals surface area contributed by atoms with Crippen LogP contribution in [0.5, 0.6) is 0 Å². The molecule has 2 amide bonds. The molecule has 0 saturated carbocycles. The van der Waals surface area contributed by atoms with Gasteiger partial charge in [0.15, 0.2) is 0 Å². The Morgan fingerprint density at radius 2 is 1.18 bits per heavy atom. The second kappa shape index (κ2) is 23.6. The van der Waals surface area contributed by atoms with Crippen molar-refractivity contribution in [1.82, 2.24) is 20.0 Å². The Balaban J connectivity index is 2.94. The van der Waals surface area contributed by atoms with Gasteiger partial charge in [-0.3, -0.25) is 48.3 Å². The van der Waals surface area contributed by atoms with Crippen LogP contribution in [0.25, 0.3) is 0 Å². The van der Waals surface area contributed by atoms with E-state index in [1.165, 1.54) is 4.90 Å². The van der Waals surface area contributed by atoms with Crippen LogP contribution >= 0.6 is 0 Å². The molecule has 19 nitrogen and oxygen atoms in total. The molecule has 1 aromatic rings. The van der Waals surface area contributed by atoms with Gasteiger partial charge >= 0.3 is 29.8 Å². The molecule has 1 atom stereocenters. The number of carbonyl (C=O) groups is 7. The number of carbonyl (C=O) groups excluding carboxylic acids is 2. The van der Waals surface area contributed by atoms with Crippen molar-refractivity contribution in [2.24, 2.45) is 0 Å². The normalized spacial score (nSPS) is 11.8. The molecule has 0 saturated heterocycles. The van der Waals surface area contributed by atoms with Crippen molar-refractivity contribution in [2.75, 3.05) is 90.6 Å². The van der Waals surface area contributed by atoms with Crippen molar-refractivity contribution < 1.29 is 68.6 Å². The number of benzene rings is 1. The predicted octanol–water partition coefficient (Wildman–Crippen LogP) is -1.58. The number of nitrogens with one attached hydrogen (secondary N) is 2. The molecular formula is C30H45N5O14. The van der Waals surface area contributed by atoms with Gasteiger partial charge < -0.3 is 45.6 Å². The summed E-state index contributed by atoms with van der Waals surface area (Å²) in [6.45, 7) is -1.09. The zero-order valence-electron chi connectivity index (χ0n) is 27.2. The Hall–Kier alpha value is -4.69. The first-order chi connectivity index (χ1) is 23.2. The molecular weight excluding hydrogens is 654 g/mol. The Kier molecular flexibility index (Phi) is 20.4. The second-order valence-corrected chi connectivity index (χ2v) is 10.8. The summed E-state index contributed by atoms with van der Waals surface area (Å²) in [7, 11) is 0. The van der Waals surface area contributed by atoms with Crippen LogP contribution in [0, 0.1) is 0 Å². The van der Waals surface area contributed by atoms with Crippen molar-refractivity contribution in [1.29, 1.82) is 0 Å². The van der Waals surface area contributed by atoms with E-state index in [9.17, 15) is 48.9 Å². The number of amides is 2. The Morgan fingerprint density at radius 1 is 0.673 bits per heavy atom. The summed E-state index contributed by atoms with van der Waals surface area (Å²) in [5, 5.41) is 52.0. The van der Waals surface area contributed by atoms with Gasteiger partial charge in [0.1, 0.15) is 6.61 Å². The van der Waals surface area contributed by atoms with Gasteiger partial charge in [-0.05, 0) is 24.1 Å². The van der Waals surface area contributed by atoms with E-state index in [1.807, 2.05) is 0 Å². The number of carboxylic acid groups (broad SMARTS) is 5. The van der Waals surface area contributed by atoms with Crippen LogP contribution < -0.4 is 10.6 Å². The molecule has 1 unspecified atom stereocenters. The Bertz CT molecular complexity index is 1210. The van der Waals surface area contributed by atoms with Crippen LogP contribution in [0.3, 0.4) is 0 Å². The van der Waals surface area contributed by atoms with Gasteiger partial charge in [-0.15, -0.1) is 0 Å². The van der Waals surface area contributed by atoms with E-state index in [2.05, 4.69) is 10.6 Å². The van der Waals surface area contributed by atoms with Crippen molar-refractivity contribution >= 4 is 47.3 Å². The standard InChI is InChI=1S/C30H45N5O14/c1-2-24(36)31-7-10-48-11-12-49-20-25(37)32-22-5-3-21(4-6-22)13-23(35(18-29(44)45)19-30(46)47)14-33(15-26(38)39)8-9-34(16-27(40)41)17-28(42)43/h3-6,23H,2,7-20H2,1H3,(H,31,36)(H,32,37)(H,38,39)(H,40,41)(H,42,43)(H,44,45)(H,46,47). The zero-order chi connectivity index (χ0) is 36.8. The summed E-state index contributed by atoms with van der Waals surface area (Å²) < 4.78 is 10.6. The maximum absolute atomic E-state index is 12.3. The quantitative estimate of drug-likeness (QED) is 0.0486.